The van der Waals surface area contributed by atoms with Gasteiger partial charge >= 0.3 is 5.82 Å². The molecule has 2 aromatic rings. The fourth-order valence-corrected chi connectivity index (χ4v) is 1.05. The second-order valence-corrected chi connectivity index (χ2v) is 2.87. The Kier molecular flexibility index (Phi) is 2.40. The first-order valence-corrected chi connectivity index (χ1v) is 4.25. The van der Waals surface area contributed by atoms with E-state index >= 15 is 0 Å². The standard InChI is InChI=1S/C6H6N8O3/c7-3-2(6(15)13-11-3)10-12-4-5(14(16)17)9-1-8-4/h1H,(H,8,9)(H4,7,11,13,15). The highest BCUT2D eigenvalue weighted by Crippen LogP contribution is 2.24. The number of rotatable bonds is 3. The Labute approximate surface area is 91.9 Å². The largest absolute Gasteiger partial charge is 0.382 e. The van der Waals surface area contributed by atoms with E-state index < -0.39 is 16.3 Å². The molecule has 0 aliphatic carbocycles. The second kappa shape index (κ2) is 3.88. The molecule has 2 rings (SSSR count). The van der Waals surface area contributed by atoms with Crippen molar-refractivity contribution in [3.63, 3.8) is 0 Å². The molecule has 0 fully saturated rings. The van der Waals surface area contributed by atoms with Crippen molar-refractivity contribution in [2.24, 2.45) is 10.2 Å². The number of azo groups is 1. The number of anilines is 1. The normalized spacial score (nSPS) is 11.1. The number of nitrogen functional groups attached to an aromatic ring is 1. The van der Waals surface area contributed by atoms with Gasteiger partial charge in [0, 0.05) is 0 Å². The van der Waals surface area contributed by atoms with Crippen LogP contribution in [-0.4, -0.2) is 25.1 Å². The van der Waals surface area contributed by atoms with Crippen LogP contribution in [0.5, 0.6) is 0 Å². The zero-order chi connectivity index (χ0) is 12.4. The topological polar surface area (TPSA) is 171 Å². The van der Waals surface area contributed by atoms with Gasteiger partial charge in [0.1, 0.15) is 5.82 Å². The number of nitro groups is 1. The third-order valence-electron chi connectivity index (χ3n) is 1.81. The molecule has 2 heterocycles. The first-order chi connectivity index (χ1) is 8.09. The van der Waals surface area contributed by atoms with Crippen molar-refractivity contribution in [1.82, 2.24) is 20.2 Å². The summed E-state index contributed by atoms with van der Waals surface area (Å²) >= 11 is 0. The van der Waals surface area contributed by atoms with Gasteiger partial charge in [-0.25, -0.2) is 4.98 Å². The van der Waals surface area contributed by atoms with Crippen molar-refractivity contribution in [2.75, 3.05) is 5.73 Å². The summed E-state index contributed by atoms with van der Waals surface area (Å²) in [5, 5.41) is 22.0. The lowest BCUT2D eigenvalue weighted by atomic mass is 10.5. The number of aromatic amines is 3. The van der Waals surface area contributed by atoms with E-state index in [1.165, 1.54) is 0 Å². The van der Waals surface area contributed by atoms with E-state index in [0.29, 0.717) is 0 Å². The number of nitrogens with zero attached hydrogens (tertiary/aromatic N) is 4. The molecule has 0 unspecified atom stereocenters. The van der Waals surface area contributed by atoms with Crippen LogP contribution in [0.1, 0.15) is 0 Å². The first-order valence-electron chi connectivity index (χ1n) is 4.25. The van der Waals surface area contributed by atoms with Gasteiger partial charge in [0.05, 0.1) is 0 Å². The van der Waals surface area contributed by atoms with Crippen molar-refractivity contribution in [2.45, 2.75) is 0 Å². The maximum Gasteiger partial charge on any atom is 0.369 e. The molecule has 17 heavy (non-hydrogen) atoms. The van der Waals surface area contributed by atoms with E-state index in [2.05, 4.69) is 30.4 Å². The molecular weight excluding hydrogens is 232 g/mol. The van der Waals surface area contributed by atoms with Gasteiger partial charge in [-0.3, -0.25) is 15.0 Å². The maximum absolute atomic E-state index is 11.1. The summed E-state index contributed by atoms with van der Waals surface area (Å²) in [5.41, 5.74) is 4.63. The predicted molar refractivity (Wildman–Crippen MR) is 55.2 cm³/mol. The number of H-pyrrole nitrogens is 3. The Balaban J connectivity index is 2.36. The minimum Gasteiger partial charge on any atom is -0.382 e. The SMILES string of the molecule is Nc1[nH][nH]c(=O)c1N=Nc1nc[nH]c1[N+](=O)[O-]. The quantitative estimate of drug-likeness (QED) is 0.342. The molecule has 0 bridgehead atoms. The average Bonchev–Trinajstić information content (AvgIpc) is 2.85. The summed E-state index contributed by atoms with van der Waals surface area (Å²) in [6.07, 6.45) is 1.09. The fraction of sp³-hybridized carbons (Fsp3) is 0. The first kappa shape index (κ1) is 10.5. The monoisotopic (exact) mass is 238 g/mol. The third-order valence-corrected chi connectivity index (χ3v) is 1.81. The Hall–Kier alpha value is -2.98. The number of nitrogens with two attached hydrogens (primary N) is 1. The molecule has 2 aromatic heterocycles. The highest BCUT2D eigenvalue weighted by Gasteiger charge is 2.15. The molecule has 0 radical (unpaired) electrons. The number of imidazole rings is 1. The number of hydrogen-bond donors (Lipinski definition) is 4. The molecule has 0 saturated heterocycles. The van der Waals surface area contributed by atoms with Crippen LogP contribution in [0.3, 0.4) is 0 Å². The smallest absolute Gasteiger partial charge is 0.369 e. The van der Waals surface area contributed by atoms with Crippen LogP contribution in [0.15, 0.2) is 21.4 Å². The van der Waals surface area contributed by atoms with Gasteiger partial charge in [-0.05, 0) is 4.92 Å². The summed E-state index contributed by atoms with van der Waals surface area (Å²) in [7, 11) is 0. The molecule has 11 nitrogen and oxygen atoms in total. The molecule has 0 amide bonds. The van der Waals surface area contributed by atoms with E-state index in [1.54, 1.807) is 0 Å². The Morgan fingerprint density at radius 3 is 2.76 bits per heavy atom. The van der Waals surface area contributed by atoms with Gasteiger partial charge in [-0.1, -0.05) is 0 Å². The van der Waals surface area contributed by atoms with E-state index in [-0.39, 0.29) is 17.3 Å². The van der Waals surface area contributed by atoms with Crippen LogP contribution in [0.2, 0.25) is 0 Å². The lowest BCUT2D eigenvalue weighted by molar-refractivity contribution is -0.388. The molecule has 88 valence electrons. The zero-order valence-corrected chi connectivity index (χ0v) is 8.17. The minimum absolute atomic E-state index is 0.0167. The highest BCUT2D eigenvalue weighted by atomic mass is 16.6. The molecule has 0 aliphatic rings. The summed E-state index contributed by atoms with van der Waals surface area (Å²) < 4.78 is 0. The van der Waals surface area contributed by atoms with Crippen LogP contribution in [-0.2, 0) is 0 Å². The van der Waals surface area contributed by atoms with E-state index in [4.69, 9.17) is 5.73 Å². The summed E-state index contributed by atoms with van der Waals surface area (Å²) in [6.45, 7) is 0. The third kappa shape index (κ3) is 1.88. The molecule has 11 heteroatoms. The molecule has 0 saturated carbocycles. The van der Waals surface area contributed by atoms with Gasteiger partial charge in [0.25, 0.3) is 11.4 Å². The van der Waals surface area contributed by atoms with Gasteiger partial charge in [0.2, 0.25) is 0 Å². The molecular formula is C6H6N8O3. The number of aromatic nitrogens is 4. The molecule has 0 atom stereocenters. The van der Waals surface area contributed by atoms with Crippen LogP contribution < -0.4 is 11.3 Å². The molecule has 0 spiro atoms. The maximum atomic E-state index is 11.1. The van der Waals surface area contributed by atoms with Crippen LogP contribution in [0, 0.1) is 10.1 Å². The van der Waals surface area contributed by atoms with E-state index in [1.807, 2.05) is 0 Å². The van der Waals surface area contributed by atoms with Crippen molar-refractivity contribution < 1.29 is 4.92 Å². The zero-order valence-electron chi connectivity index (χ0n) is 8.17. The van der Waals surface area contributed by atoms with E-state index in [9.17, 15) is 14.9 Å². The van der Waals surface area contributed by atoms with Gasteiger partial charge in [-0.2, -0.15) is 4.98 Å². The molecule has 5 N–H and O–H groups in total. The number of hydrogen-bond acceptors (Lipinski definition) is 7. The lowest BCUT2D eigenvalue weighted by Crippen LogP contribution is -1.96. The summed E-state index contributed by atoms with van der Waals surface area (Å²) in [4.78, 5) is 26.8. The minimum atomic E-state index is -0.702. The van der Waals surface area contributed by atoms with Crippen LogP contribution in [0.25, 0.3) is 0 Å². The van der Waals surface area contributed by atoms with Crippen LogP contribution >= 0.6 is 0 Å². The predicted octanol–water partition coefficient (Wildman–Crippen LogP) is 0.332. The highest BCUT2D eigenvalue weighted by molar-refractivity contribution is 5.55. The molecule has 0 aliphatic heterocycles. The Morgan fingerprint density at radius 2 is 2.18 bits per heavy atom. The fourth-order valence-electron chi connectivity index (χ4n) is 1.05. The van der Waals surface area contributed by atoms with Gasteiger partial charge in [0.15, 0.2) is 12.0 Å². The van der Waals surface area contributed by atoms with Crippen molar-refractivity contribution in [1.29, 1.82) is 0 Å². The Morgan fingerprint density at radius 1 is 1.41 bits per heavy atom. The number of nitrogens with one attached hydrogen (secondary N) is 3. The van der Waals surface area contributed by atoms with E-state index in [0.717, 1.165) is 6.33 Å². The summed E-state index contributed by atoms with van der Waals surface area (Å²) in [5.74, 6) is -0.675. The van der Waals surface area contributed by atoms with Gasteiger partial charge < -0.3 is 15.8 Å². The lowest BCUT2D eigenvalue weighted by Gasteiger charge is -1.89. The van der Waals surface area contributed by atoms with Crippen molar-refractivity contribution in [3.05, 3.63) is 26.8 Å². The average molecular weight is 238 g/mol. The Bertz CT molecular complexity index is 634. The van der Waals surface area contributed by atoms with Crippen LogP contribution in [0.4, 0.5) is 23.1 Å². The second-order valence-electron chi connectivity index (χ2n) is 2.87. The van der Waals surface area contributed by atoms with Gasteiger partial charge in [-0.15, -0.1) is 10.2 Å². The molecule has 0 aromatic carbocycles. The van der Waals surface area contributed by atoms with Crippen molar-refractivity contribution >= 4 is 23.1 Å². The van der Waals surface area contributed by atoms with Crippen molar-refractivity contribution in [3.8, 4) is 0 Å². The summed E-state index contributed by atoms with van der Waals surface area (Å²) in [6, 6.07) is 0.